The molecule has 1 rings (SSSR count). The van der Waals surface area contributed by atoms with Crippen LogP contribution in [0.5, 0.6) is 0 Å². The van der Waals surface area contributed by atoms with E-state index < -0.39 is 4.92 Å². The van der Waals surface area contributed by atoms with Crippen molar-refractivity contribution in [2.45, 2.75) is 33.2 Å². The predicted octanol–water partition coefficient (Wildman–Crippen LogP) is 2.43. The van der Waals surface area contributed by atoms with Crippen LogP contribution in [0, 0.1) is 28.4 Å². The lowest BCUT2D eigenvalue weighted by atomic mass is 10.2. The third-order valence-electron chi connectivity index (χ3n) is 2.65. The van der Waals surface area contributed by atoms with Crippen LogP contribution in [0.2, 0.25) is 0 Å². The summed E-state index contributed by atoms with van der Waals surface area (Å²) in [6.45, 7) is 5.97. The van der Waals surface area contributed by atoms with Gasteiger partial charge < -0.3 is 4.90 Å². The molecule has 0 aliphatic carbocycles. The molecule has 18 heavy (non-hydrogen) atoms. The number of anilines is 1. The van der Waals surface area contributed by atoms with E-state index in [-0.39, 0.29) is 11.7 Å². The molecule has 0 amide bonds. The van der Waals surface area contributed by atoms with Gasteiger partial charge in [0, 0.05) is 24.3 Å². The zero-order valence-corrected chi connectivity index (χ0v) is 10.8. The number of pyridine rings is 1. The summed E-state index contributed by atoms with van der Waals surface area (Å²) in [4.78, 5) is 16.6. The van der Waals surface area contributed by atoms with E-state index in [9.17, 15) is 10.1 Å². The molecule has 0 radical (unpaired) electrons. The molecular formula is C12H16N4O2. The first kappa shape index (κ1) is 13.9. The van der Waals surface area contributed by atoms with Gasteiger partial charge in [0.15, 0.2) is 0 Å². The van der Waals surface area contributed by atoms with Crippen molar-refractivity contribution in [2.75, 3.05) is 11.4 Å². The number of hydrogen-bond acceptors (Lipinski definition) is 5. The Morgan fingerprint density at radius 2 is 2.28 bits per heavy atom. The Morgan fingerprint density at radius 3 is 2.78 bits per heavy atom. The van der Waals surface area contributed by atoms with Crippen LogP contribution in [-0.2, 0) is 0 Å². The van der Waals surface area contributed by atoms with Crippen LogP contribution >= 0.6 is 0 Å². The highest BCUT2D eigenvalue weighted by Crippen LogP contribution is 2.30. The van der Waals surface area contributed by atoms with Crippen molar-refractivity contribution < 1.29 is 4.92 Å². The van der Waals surface area contributed by atoms with Crippen LogP contribution in [0.4, 0.5) is 11.5 Å². The SMILES string of the molecule is Cc1ccnc(N(CCC#N)C(C)C)c1[N+](=O)[O-]. The molecule has 0 aliphatic rings. The second-order valence-electron chi connectivity index (χ2n) is 4.25. The summed E-state index contributed by atoms with van der Waals surface area (Å²) in [6.07, 6.45) is 1.87. The highest BCUT2D eigenvalue weighted by atomic mass is 16.6. The Morgan fingerprint density at radius 1 is 1.61 bits per heavy atom. The minimum absolute atomic E-state index is 0.0177. The van der Waals surface area contributed by atoms with Gasteiger partial charge in [-0.25, -0.2) is 4.98 Å². The van der Waals surface area contributed by atoms with E-state index in [0.717, 1.165) is 0 Å². The first-order valence-electron chi connectivity index (χ1n) is 5.72. The first-order valence-corrected chi connectivity index (χ1v) is 5.72. The number of hydrogen-bond donors (Lipinski definition) is 0. The average Bonchev–Trinajstić information content (AvgIpc) is 2.28. The van der Waals surface area contributed by atoms with Gasteiger partial charge in [-0.3, -0.25) is 10.1 Å². The Labute approximate surface area is 106 Å². The second-order valence-corrected chi connectivity index (χ2v) is 4.25. The number of nitrogens with zero attached hydrogens (tertiary/aromatic N) is 4. The van der Waals surface area contributed by atoms with Crippen LogP contribution in [0.25, 0.3) is 0 Å². The first-order chi connectivity index (χ1) is 8.49. The van der Waals surface area contributed by atoms with Crippen molar-refractivity contribution in [1.29, 1.82) is 5.26 Å². The molecule has 0 spiro atoms. The summed E-state index contributed by atoms with van der Waals surface area (Å²) < 4.78 is 0. The Kier molecular flexibility index (Phi) is 4.60. The zero-order valence-electron chi connectivity index (χ0n) is 10.8. The van der Waals surface area contributed by atoms with Crippen molar-refractivity contribution in [1.82, 2.24) is 4.98 Å². The van der Waals surface area contributed by atoms with Crippen LogP contribution < -0.4 is 4.90 Å². The fraction of sp³-hybridized carbons (Fsp3) is 0.500. The molecule has 0 atom stereocenters. The van der Waals surface area contributed by atoms with E-state index >= 15 is 0 Å². The van der Waals surface area contributed by atoms with Crippen LogP contribution in [0.15, 0.2) is 12.3 Å². The molecule has 6 nitrogen and oxygen atoms in total. The molecule has 1 aromatic rings. The predicted molar refractivity (Wildman–Crippen MR) is 68.3 cm³/mol. The number of nitro groups is 1. The minimum Gasteiger partial charge on any atom is -0.347 e. The summed E-state index contributed by atoms with van der Waals surface area (Å²) in [5.74, 6) is 0.338. The lowest BCUT2D eigenvalue weighted by molar-refractivity contribution is -0.384. The van der Waals surface area contributed by atoms with Gasteiger partial charge in [0.1, 0.15) is 0 Å². The summed E-state index contributed by atoms with van der Waals surface area (Å²) >= 11 is 0. The third kappa shape index (κ3) is 2.94. The highest BCUT2D eigenvalue weighted by Gasteiger charge is 2.24. The van der Waals surface area contributed by atoms with Gasteiger partial charge in [-0.1, -0.05) is 0 Å². The van der Waals surface area contributed by atoms with Crippen molar-refractivity contribution in [3.05, 3.63) is 27.9 Å². The van der Waals surface area contributed by atoms with E-state index in [0.29, 0.717) is 24.3 Å². The molecule has 6 heteroatoms. The average molecular weight is 248 g/mol. The standard InChI is InChI=1S/C12H16N4O2/c1-9(2)15(8-4-6-13)12-11(16(17)18)10(3)5-7-14-12/h5,7,9H,4,8H2,1-3H3. The van der Waals surface area contributed by atoms with Gasteiger partial charge in [-0.15, -0.1) is 0 Å². The normalized spacial score (nSPS) is 10.2. The molecule has 1 heterocycles. The number of aromatic nitrogens is 1. The summed E-state index contributed by atoms with van der Waals surface area (Å²) in [5, 5.41) is 19.8. The summed E-state index contributed by atoms with van der Waals surface area (Å²) in [7, 11) is 0. The van der Waals surface area contributed by atoms with Gasteiger partial charge in [0.05, 0.1) is 17.4 Å². The molecule has 0 bridgehead atoms. The smallest absolute Gasteiger partial charge is 0.314 e. The van der Waals surface area contributed by atoms with Gasteiger partial charge in [-0.2, -0.15) is 5.26 Å². The Bertz CT molecular complexity index is 479. The van der Waals surface area contributed by atoms with E-state index in [2.05, 4.69) is 4.98 Å². The van der Waals surface area contributed by atoms with Gasteiger partial charge in [0.2, 0.25) is 5.82 Å². The Hall–Kier alpha value is -2.16. The Balaban J connectivity index is 3.24. The van der Waals surface area contributed by atoms with Gasteiger partial charge >= 0.3 is 5.69 Å². The van der Waals surface area contributed by atoms with Crippen LogP contribution in [-0.4, -0.2) is 22.5 Å². The number of nitriles is 1. The van der Waals surface area contributed by atoms with Gasteiger partial charge in [-0.05, 0) is 26.8 Å². The molecule has 0 aliphatic heterocycles. The molecule has 0 unspecified atom stereocenters. The molecule has 1 aromatic heterocycles. The fourth-order valence-corrected chi connectivity index (χ4v) is 1.75. The van der Waals surface area contributed by atoms with E-state index in [4.69, 9.17) is 5.26 Å². The van der Waals surface area contributed by atoms with Crippen molar-refractivity contribution in [3.8, 4) is 6.07 Å². The lowest BCUT2D eigenvalue weighted by Gasteiger charge is -2.26. The monoisotopic (exact) mass is 248 g/mol. The maximum Gasteiger partial charge on any atom is 0.314 e. The maximum absolute atomic E-state index is 11.1. The molecular weight excluding hydrogens is 232 g/mol. The topological polar surface area (TPSA) is 83.1 Å². The minimum atomic E-state index is -0.417. The summed E-state index contributed by atoms with van der Waals surface area (Å²) in [5.41, 5.74) is 0.594. The molecule has 0 N–H and O–H groups in total. The quantitative estimate of drug-likeness (QED) is 0.590. The molecule has 0 saturated carbocycles. The van der Waals surface area contributed by atoms with E-state index in [1.165, 1.54) is 0 Å². The van der Waals surface area contributed by atoms with Gasteiger partial charge in [0.25, 0.3) is 0 Å². The van der Waals surface area contributed by atoms with E-state index in [1.807, 2.05) is 19.9 Å². The summed E-state index contributed by atoms with van der Waals surface area (Å²) in [6, 6.07) is 3.71. The molecule has 0 fully saturated rings. The fourth-order valence-electron chi connectivity index (χ4n) is 1.75. The third-order valence-corrected chi connectivity index (χ3v) is 2.65. The number of aryl methyl sites for hydroxylation is 1. The van der Waals surface area contributed by atoms with Crippen LogP contribution in [0.3, 0.4) is 0 Å². The van der Waals surface area contributed by atoms with Crippen molar-refractivity contribution in [2.24, 2.45) is 0 Å². The molecule has 96 valence electrons. The maximum atomic E-state index is 11.1. The second kappa shape index (κ2) is 5.96. The van der Waals surface area contributed by atoms with Crippen LogP contribution in [0.1, 0.15) is 25.8 Å². The van der Waals surface area contributed by atoms with Crippen molar-refractivity contribution in [3.63, 3.8) is 0 Å². The highest BCUT2D eigenvalue weighted by molar-refractivity contribution is 5.61. The lowest BCUT2D eigenvalue weighted by Crippen LogP contribution is -2.33. The largest absolute Gasteiger partial charge is 0.347 e. The van der Waals surface area contributed by atoms with E-state index in [1.54, 1.807) is 24.1 Å². The number of rotatable bonds is 5. The zero-order chi connectivity index (χ0) is 13.7. The van der Waals surface area contributed by atoms with Crippen molar-refractivity contribution >= 4 is 11.5 Å². The molecule has 0 saturated heterocycles. The molecule has 0 aromatic carbocycles.